The third-order valence-corrected chi connectivity index (χ3v) is 5.96. The maximum absolute atomic E-state index is 12.4. The average Bonchev–Trinajstić information content (AvgIpc) is 3.00. The Balaban J connectivity index is 1.83. The number of sulfonamides is 1. The number of hydrogen-bond donors (Lipinski definition) is 1. The molecule has 0 spiro atoms. The highest BCUT2D eigenvalue weighted by molar-refractivity contribution is 7.89. The zero-order chi connectivity index (χ0) is 15.3. The second kappa shape index (κ2) is 7.38. The van der Waals surface area contributed by atoms with Gasteiger partial charge in [-0.05, 0) is 44.8 Å². The number of unbranched alkanes of at least 4 members (excludes halogenated alkanes) is 1. The van der Waals surface area contributed by atoms with Crippen LogP contribution < -0.4 is 0 Å². The normalized spacial score (nSPS) is 18.4. The first-order valence-electron chi connectivity index (χ1n) is 7.72. The Morgan fingerprint density at radius 3 is 2.71 bits per heavy atom. The Bertz CT molecular complexity index is 507. The zero-order valence-corrected chi connectivity index (χ0v) is 13.8. The maximum atomic E-state index is 12.4. The molecule has 1 saturated heterocycles. The Morgan fingerprint density at radius 2 is 2.14 bits per heavy atom. The third kappa shape index (κ3) is 4.28. The van der Waals surface area contributed by atoms with Gasteiger partial charge in [-0.25, -0.2) is 8.42 Å². The molecule has 7 heteroatoms. The summed E-state index contributed by atoms with van der Waals surface area (Å²) in [5, 5.41) is 6.48. The van der Waals surface area contributed by atoms with Crippen molar-refractivity contribution < 1.29 is 8.42 Å². The average molecular weight is 314 g/mol. The van der Waals surface area contributed by atoms with Crippen LogP contribution in [0.3, 0.4) is 0 Å². The molecule has 0 amide bonds. The summed E-state index contributed by atoms with van der Waals surface area (Å²) >= 11 is 0. The minimum Gasteiger partial charge on any atom is -0.306 e. The fourth-order valence-corrected chi connectivity index (χ4v) is 4.19. The first kappa shape index (κ1) is 16.5. The molecular formula is C14H26N4O2S. The third-order valence-electron chi connectivity index (χ3n) is 4.13. The number of aromatic nitrogens is 2. The van der Waals surface area contributed by atoms with E-state index < -0.39 is 10.0 Å². The molecule has 1 aromatic rings. The lowest BCUT2D eigenvalue weighted by Crippen LogP contribution is -2.41. The van der Waals surface area contributed by atoms with Crippen LogP contribution in [0.1, 0.15) is 32.6 Å². The molecule has 2 heterocycles. The van der Waals surface area contributed by atoms with E-state index in [-0.39, 0.29) is 5.03 Å². The molecule has 2 rings (SSSR count). The topological polar surface area (TPSA) is 69.3 Å². The van der Waals surface area contributed by atoms with E-state index in [1.54, 1.807) is 4.31 Å². The molecule has 1 fully saturated rings. The van der Waals surface area contributed by atoms with E-state index in [4.69, 9.17) is 0 Å². The predicted octanol–water partition coefficient (Wildman–Crippen LogP) is 1.54. The van der Waals surface area contributed by atoms with Crippen LogP contribution in [0, 0.1) is 5.92 Å². The molecule has 0 aromatic carbocycles. The van der Waals surface area contributed by atoms with E-state index in [1.165, 1.54) is 25.1 Å². The lowest BCUT2D eigenvalue weighted by atomic mass is 9.97. The Hall–Kier alpha value is -0.920. The van der Waals surface area contributed by atoms with Crippen LogP contribution in [0.4, 0.5) is 0 Å². The smallest absolute Gasteiger partial charge is 0.259 e. The molecule has 0 atom stereocenters. The number of aromatic amines is 1. The second-order valence-corrected chi connectivity index (χ2v) is 7.79. The standard InChI is InChI=1S/C14H26N4O2S/c1-3-4-9-17(2)12-13-6-10-18(11-7-13)21(19,20)14-5-8-15-16-14/h5,8,13H,3-4,6-7,9-12H2,1-2H3,(H,15,16). The van der Waals surface area contributed by atoms with E-state index >= 15 is 0 Å². The van der Waals surface area contributed by atoms with Crippen LogP contribution in [0.5, 0.6) is 0 Å². The van der Waals surface area contributed by atoms with Crippen molar-refractivity contribution in [2.75, 3.05) is 33.2 Å². The largest absolute Gasteiger partial charge is 0.306 e. The monoisotopic (exact) mass is 314 g/mol. The summed E-state index contributed by atoms with van der Waals surface area (Å²) in [4.78, 5) is 2.37. The van der Waals surface area contributed by atoms with Gasteiger partial charge in [0.15, 0.2) is 5.03 Å². The Labute approximate surface area is 127 Å². The van der Waals surface area contributed by atoms with Crippen LogP contribution >= 0.6 is 0 Å². The van der Waals surface area contributed by atoms with Crippen LogP contribution in [-0.2, 0) is 10.0 Å². The van der Waals surface area contributed by atoms with Gasteiger partial charge in [0.1, 0.15) is 0 Å². The van der Waals surface area contributed by atoms with Gasteiger partial charge in [0.05, 0.1) is 6.20 Å². The number of rotatable bonds is 7. The fourth-order valence-electron chi connectivity index (χ4n) is 2.82. The molecule has 0 radical (unpaired) electrons. The van der Waals surface area contributed by atoms with E-state index in [9.17, 15) is 8.42 Å². The summed E-state index contributed by atoms with van der Waals surface area (Å²) < 4.78 is 26.3. The molecule has 0 saturated carbocycles. The van der Waals surface area contributed by atoms with Crippen molar-refractivity contribution in [2.24, 2.45) is 5.92 Å². The van der Waals surface area contributed by atoms with Crippen molar-refractivity contribution in [2.45, 2.75) is 37.6 Å². The van der Waals surface area contributed by atoms with Crippen molar-refractivity contribution >= 4 is 10.0 Å². The van der Waals surface area contributed by atoms with Gasteiger partial charge in [-0.3, -0.25) is 5.10 Å². The minimum atomic E-state index is -3.38. The van der Waals surface area contributed by atoms with Crippen molar-refractivity contribution in [3.63, 3.8) is 0 Å². The number of piperidine rings is 1. The van der Waals surface area contributed by atoms with Crippen LogP contribution in [0.25, 0.3) is 0 Å². The fraction of sp³-hybridized carbons (Fsp3) is 0.786. The molecule has 120 valence electrons. The predicted molar refractivity (Wildman–Crippen MR) is 82.5 cm³/mol. The number of nitrogens with one attached hydrogen (secondary N) is 1. The van der Waals surface area contributed by atoms with Gasteiger partial charge in [0.25, 0.3) is 10.0 Å². The minimum absolute atomic E-state index is 0.195. The van der Waals surface area contributed by atoms with Crippen molar-refractivity contribution in [1.82, 2.24) is 19.4 Å². The molecule has 1 aliphatic rings. The Morgan fingerprint density at radius 1 is 1.43 bits per heavy atom. The SMILES string of the molecule is CCCCN(C)CC1CCN(S(=O)(=O)c2ccn[nH]2)CC1. The van der Waals surface area contributed by atoms with Crippen LogP contribution in [-0.4, -0.2) is 61.0 Å². The van der Waals surface area contributed by atoms with Crippen molar-refractivity contribution in [1.29, 1.82) is 0 Å². The molecule has 6 nitrogen and oxygen atoms in total. The van der Waals surface area contributed by atoms with E-state index in [0.717, 1.165) is 25.9 Å². The molecule has 0 bridgehead atoms. The van der Waals surface area contributed by atoms with Gasteiger partial charge >= 0.3 is 0 Å². The molecular weight excluding hydrogens is 288 g/mol. The van der Waals surface area contributed by atoms with Gasteiger partial charge < -0.3 is 4.90 Å². The summed E-state index contributed by atoms with van der Waals surface area (Å²) in [6.45, 7) is 5.61. The molecule has 1 aromatic heterocycles. The number of hydrogen-bond acceptors (Lipinski definition) is 4. The van der Waals surface area contributed by atoms with Gasteiger partial charge in [0, 0.05) is 19.6 Å². The highest BCUT2D eigenvalue weighted by Gasteiger charge is 2.30. The number of H-pyrrole nitrogens is 1. The van der Waals surface area contributed by atoms with Crippen LogP contribution in [0.15, 0.2) is 17.3 Å². The highest BCUT2D eigenvalue weighted by atomic mass is 32.2. The summed E-state index contributed by atoms with van der Waals surface area (Å²) in [5.74, 6) is 0.597. The number of nitrogens with zero attached hydrogens (tertiary/aromatic N) is 3. The molecule has 0 aliphatic carbocycles. The molecule has 1 aliphatic heterocycles. The van der Waals surface area contributed by atoms with E-state index in [0.29, 0.717) is 19.0 Å². The second-order valence-electron chi connectivity index (χ2n) is 5.88. The van der Waals surface area contributed by atoms with Gasteiger partial charge in [-0.2, -0.15) is 9.40 Å². The first-order chi connectivity index (χ1) is 10.0. The molecule has 1 N–H and O–H groups in total. The lowest BCUT2D eigenvalue weighted by molar-refractivity contribution is 0.204. The van der Waals surface area contributed by atoms with Gasteiger partial charge in [0.2, 0.25) is 0 Å². The zero-order valence-electron chi connectivity index (χ0n) is 13.0. The summed E-state index contributed by atoms with van der Waals surface area (Å²) in [7, 11) is -1.23. The van der Waals surface area contributed by atoms with E-state index in [1.807, 2.05) is 0 Å². The van der Waals surface area contributed by atoms with Crippen molar-refractivity contribution in [3.8, 4) is 0 Å². The molecule has 21 heavy (non-hydrogen) atoms. The van der Waals surface area contributed by atoms with Gasteiger partial charge in [-0.15, -0.1) is 0 Å². The summed E-state index contributed by atoms with van der Waals surface area (Å²) in [6, 6.07) is 1.51. The highest BCUT2D eigenvalue weighted by Crippen LogP contribution is 2.23. The Kier molecular flexibility index (Phi) is 5.78. The lowest BCUT2D eigenvalue weighted by Gasteiger charge is -2.32. The maximum Gasteiger partial charge on any atom is 0.259 e. The first-order valence-corrected chi connectivity index (χ1v) is 9.16. The van der Waals surface area contributed by atoms with Gasteiger partial charge in [-0.1, -0.05) is 13.3 Å². The summed E-state index contributed by atoms with van der Waals surface area (Å²) in [6.07, 6.45) is 5.78. The van der Waals surface area contributed by atoms with Crippen LogP contribution in [0.2, 0.25) is 0 Å². The summed E-state index contributed by atoms with van der Waals surface area (Å²) in [5.41, 5.74) is 0. The quantitative estimate of drug-likeness (QED) is 0.829. The molecule has 0 unspecified atom stereocenters. The van der Waals surface area contributed by atoms with E-state index in [2.05, 4.69) is 29.1 Å². The van der Waals surface area contributed by atoms with Crippen molar-refractivity contribution in [3.05, 3.63) is 12.3 Å².